The second-order valence-electron chi connectivity index (χ2n) is 4.20. The molecule has 1 unspecified atom stereocenters. The van der Waals surface area contributed by atoms with Gasteiger partial charge in [0.15, 0.2) is 5.82 Å². The van der Waals surface area contributed by atoms with Crippen molar-refractivity contribution < 1.29 is 9.53 Å². The maximum absolute atomic E-state index is 12.0. The van der Waals surface area contributed by atoms with Crippen LogP contribution in [0.3, 0.4) is 0 Å². The molecule has 0 aromatic carbocycles. The lowest BCUT2D eigenvalue weighted by Gasteiger charge is -2.15. The van der Waals surface area contributed by atoms with Crippen LogP contribution < -0.4 is 10.9 Å². The predicted octanol–water partition coefficient (Wildman–Crippen LogP) is 1.19. The molecule has 0 amide bonds. The van der Waals surface area contributed by atoms with Gasteiger partial charge in [-0.25, -0.2) is 9.78 Å². The summed E-state index contributed by atoms with van der Waals surface area (Å²) in [6, 6.07) is -0.563. The molecule has 0 aliphatic carbocycles. The lowest BCUT2D eigenvalue weighted by Crippen LogP contribution is -2.33. The summed E-state index contributed by atoms with van der Waals surface area (Å²) < 4.78 is 6.40. The number of rotatable bonds is 5. The van der Waals surface area contributed by atoms with Gasteiger partial charge in [0.25, 0.3) is 5.56 Å². The first-order valence-corrected chi connectivity index (χ1v) is 5.97. The number of anilines is 1. The highest BCUT2D eigenvalue weighted by molar-refractivity contribution is 5.78. The van der Waals surface area contributed by atoms with Gasteiger partial charge in [-0.05, 0) is 27.7 Å². The van der Waals surface area contributed by atoms with Crippen molar-refractivity contribution in [2.75, 3.05) is 11.9 Å². The summed E-state index contributed by atoms with van der Waals surface area (Å²) in [5, 5.41) is 2.77. The van der Waals surface area contributed by atoms with E-state index >= 15 is 0 Å². The SMILES string of the molecule is CCOC(=O)C(C)Nc1nccn(C(C)C)c1=O. The average Bonchev–Trinajstić information content (AvgIpc) is 2.31. The van der Waals surface area contributed by atoms with Crippen LogP contribution in [0.15, 0.2) is 17.2 Å². The zero-order chi connectivity index (χ0) is 13.7. The van der Waals surface area contributed by atoms with E-state index in [0.29, 0.717) is 6.61 Å². The van der Waals surface area contributed by atoms with Gasteiger partial charge in [-0.2, -0.15) is 0 Å². The second kappa shape index (κ2) is 6.18. The Kier molecular flexibility index (Phi) is 4.88. The van der Waals surface area contributed by atoms with Crippen LogP contribution in [0.2, 0.25) is 0 Å². The first-order chi connectivity index (χ1) is 8.47. The molecule has 100 valence electrons. The largest absolute Gasteiger partial charge is 0.464 e. The highest BCUT2D eigenvalue weighted by atomic mass is 16.5. The van der Waals surface area contributed by atoms with E-state index in [1.165, 1.54) is 6.20 Å². The quantitative estimate of drug-likeness (QED) is 0.798. The topological polar surface area (TPSA) is 73.2 Å². The summed E-state index contributed by atoms with van der Waals surface area (Å²) in [7, 11) is 0. The van der Waals surface area contributed by atoms with Crippen molar-refractivity contribution >= 4 is 11.8 Å². The molecule has 0 saturated heterocycles. The Bertz CT molecular complexity index is 468. The zero-order valence-electron chi connectivity index (χ0n) is 11.1. The number of hydrogen-bond donors (Lipinski definition) is 1. The van der Waals surface area contributed by atoms with Gasteiger partial charge in [-0.1, -0.05) is 0 Å². The van der Waals surface area contributed by atoms with E-state index in [-0.39, 0.29) is 17.4 Å². The van der Waals surface area contributed by atoms with Crippen LogP contribution in [-0.4, -0.2) is 28.2 Å². The summed E-state index contributed by atoms with van der Waals surface area (Å²) in [5.74, 6) is -0.245. The van der Waals surface area contributed by atoms with Gasteiger partial charge in [0.05, 0.1) is 6.61 Å². The Hall–Kier alpha value is -1.85. The first kappa shape index (κ1) is 14.2. The third kappa shape index (κ3) is 3.32. The van der Waals surface area contributed by atoms with Gasteiger partial charge in [-0.15, -0.1) is 0 Å². The molecule has 6 nitrogen and oxygen atoms in total. The number of carbonyl (C=O) groups excluding carboxylic acids is 1. The molecule has 1 N–H and O–H groups in total. The number of ether oxygens (including phenoxy) is 1. The van der Waals surface area contributed by atoms with E-state index in [9.17, 15) is 9.59 Å². The molecular formula is C12H19N3O3. The number of aromatic nitrogens is 2. The van der Waals surface area contributed by atoms with E-state index in [2.05, 4.69) is 10.3 Å². The molecule has 0 aliphatic rings. The molecule has 1 rings (SSSR count). The first-order valence-electron chi connectivity index (χ1n) is 5.97. The Labute approximate surface area is 106 Å². The number of esters is 1. The maximum atomic E-state index is 12.0. The Morgan fingerprint density at radius 2 is 2.17 bits per heavy atom. The van der Waals surface area contributed by atoms with Crippen molar-refractivity contribution in [1.29, 1.82) is 0 Å². The molecule has 0 spiro atoms. The fourth-order valence-electron chi connectivity index (χ4n) is 1.46. The molecule has 0 bridgehead atoms. The van der Waals surface area contributed by atoms with Crippen LogP contribution in [0.5, 0.6) is 0 Å². The zero-order valence-corrected chi connectivity index (χ0v) is 11.1. The van der Waals surface area contributed by atoms with E-state index in [4.69, 9.17) is 4.74 Å². The molecule has 1 heterocycles. The second-order valence-corrected chi connectivity index (χ2v) is 4.20. The number of nitrogens with one attached hydrogen (secondary N) is 1. The van der Waals surface area contributed by atoms with Crippen LogP contribution >= 0.6 is 0 Å². The molecule has 0 fully saturated rings. The molecule has 6 heteroatoms. The highest BCUT2D eigenvalue weighted by Crippen LogP contribution is 2.03. The number of hydrogen-bond acceptors (Lipinski definition) is 5. The van der Waals surface area contributed by atoms with E-state index < -0.39 is 12.0 Å². The maximum Gasteiger partial charge on any atom is 0.328 e. The molecule has 1 aromatic heterocycles. The minimum atomic E-state index is -0.604. The average molecular weight is 253 g/mol. The Morgan fingerprint density at radius 3 is 2.72 bits per heavy atom. The van der Waals surface area contributed by atoms with Gasteiger partial charge in [0, 0.05) is 18.4 Å². The highest BCUT2D eigenvalue weighted by Gasteiger charge is 2.16. The van der Waals surface area contributed by atoms with Gasteiger partial charge < -0.3 is 14.6 Å². The summed E-state index contributed by atoms with van der Waals surface area (Å²) in [6.45, 7) is 7.48. The monoisotopic (exact) mass is 253 g/mol. The normalized spacial score (nSPS) is 12.3. The van der Waals surface area contributed by atoms with E-state index in [1.54, 1.807) is 24.6 Å². The standard InChI is InChI=1S/C12H19N3O3/c1-5-18-12(17)9(4)14-10-11(16)15(8(2)3)7-6-13-10/h6-9H,5H2,1-4H3,(H,13,14). The molecular weight excluding hydrogens is 234 g/mol. The minimum Gasteiger partial charge on any atom is -0.464 e. The van der Waals surface area contributed by atoms with Crippen molar-refractivity contribution in [3.63, 3.8) is 0 Å². The van der Waals surface area contributed by atoms with Crippen LogP contribution in [-0.2, 0) is 9.53 Å². The van der Waals surface area contributed by atoms with E-state index in [0.717, 1.165) is 0 Å². The molecule has 1 atom stereocenters. The fourth-order valence-corrected chi connectivity index (χ4v) is 1.46. The smallest absolute Gasteiger partial charge is 0.328 e. The van der Waals surface area contributed by atoms with Crippen molar-refractivity contribution in [3.05, 3.63) is 22.7 Å². The van der Waals surface area contributed by atoms with Crippen molar-refractivity contribution in [2.24, 2.45) is 0 Å². The Morgan fingerprint density at radius 1 is 1.50 bits per heavy atom. The van der Waals surface area contributed by atoms with Crippen LogP contribution in [0, 0.1) is 0 Å². The van der Waals surface area contributed by atoms with Crippen molar-refractivity contribution in [2.45, 2.75) is 39.8 Å². The summed E-state index contributed by atoms with van der Waals surface area (Å²) in [5.41, 5.74) is -0.247. The van der Waals surface area contributed by atoms with Crippen molar-refractivity contribution in [3.8, 4) is 0 Å². The van der Waals surface area contributed by atoms with Crippen LogP contribution in [0.25, 0.3) is 0 Å². The summed E-state index contributed by atoms with van der Waals surface area (Å²) >= 11 is 0. The van der Waals surface area contributed by atoms with Gasteiger partial charge in [0.2, 0.25) is 0 Å². The fraction of sp³-hybridized carbons (Fsp3) is 0.583. The molecule has 18 heavy (non-hydrogen) atoms. The molecule has 0 radical (unpaired) electrons. The van der Waals surface area contributed by atoms with Gasteiger partial charge in [0.1, 0.15) is 6.04 Å². The number of nitrogens with zero attached hydrogens (tertiary/aromatic N) is 2. The van der Waals surface area contributed by atoms with Gasteiger partial charge >= 0.3 is 5.97 Å². The third-order valence-corrected chi connectivity index (χ3v) is 2.42. The molecule has 1 aromatic rings. The lowest BCUT2D eigenvalue weighted by atomic mass is 10.3. The minimum absolute atomic E-state index is 0.0407. The lowest BCUT2D eigenvalue weighted by molar-refractivity contribution is -0.143. The molecule has 0 saturated carbocycles. The van der Waals surface area contributed by atoms with E-state index in [1.807, 2.05) is 13.8 Å². The van der Waals surface area contributed by atoms with Gasteiger partial charge in [-0.3, -0.25) is 4.79 Å². The Balaban J connectivity index is 2.89. The summed E-state index contributed by atoms with van der Waals surface area (Å²) in [6.07, 6.45) is 3.15. The van der Waals surface area contributed by atoms with Crippen LogP contribution in [0.4, 0.5) is 5.82 Å². The number of carbonyl (C=O) groups is 1. The molecule has 0 aliphatic heterocycles. The van der Waals surface area contributed by atoms with Crippen LogP contribution in [0.1, 0.15) is 33.7 Å². The van der Waals surface area contributed by atoms with Crippen molar-refractivity contribution in [1.82, 2.24) is 9.55 Å². The third-order valence-electron chi connectivity index (χ3n) is 2.42. The summed E-state index contributed by atoms with van der Waals surface area (Å²) in [4.78, 5) is 27.4. The predicted molar refractivity (Wildman–Crippen MR) is 68.6 cm³/mol.